The van der Waals surface area contributed by atoms with Crippen LogP contribution in [0, 0.1) is 0 Å². The molecule has 0 aliphatic rings. The van der Waals surface area contributed by atoms with Crippen molar-refractivity contribution >= 4 is 17.2 Å². The molecule has 0 aromatic heterocycles. The highest BCUT2D eigenvalue weighted by Crippen LogP contribution is 2.31. The van der Waals surface area contributed by atoms with Gasteiger partial charge < -0.3 is 4.90 Å². The van der Waals surface area contributed by atoms with Crippen molar-refractivity contribution in [3.63, 3.8) is 0 Å². The highest BCUT2D eigenvalue weighted by Gasteiger charge is 2.30. The van der Waals surface area contributed by atoms with Crippen LogP contribution >= 0.6 is 12.2 Å². The minimum Gasteiger partial charge on any atom is -0.363 e. The number of halogens is 3. The standard InChI is InChI=1S/C12H14F3NS/c1-8(16(3)9(2)17)10-5-4-6-11(7-10)12(13,14)15/h4-8H,1-3H3. The van der Waals surface area contributed by atoms with Crippen LogP contribution in [0.2, 0.25) is 0 Å². The summed E-state index contributed by atoms with van der Waals surface area (Å²) < 4.78 is 37.7. The zero-order chi connectivity index (χ0) is 13.2. The van der Waals surface area contributed by atoms with Gasteiger partial charge in [0.2, 0.25) is 0 Å². The van der Waals surface area contributed by atoms with E-state index >= 15 is 0 Å². The van der Waals surface area contributed by atoms with Crippen LogP contribution in [0.3, 0.4) is 0 Å². The molecule has 0 amide bonds. The average Bonchev–Trinajstić information content (AvgIpc) is 2.26. The fourth-order valence-electron chi connectivity index (χ4n) is 1.47. The summed E-state index contributed by atoms with van der Waals surface area (Å²) in [5.74, 6) is 0. The molecule has 1 aromatic rings. The van der Waals surface area contributed by atoms with E-state index in [9.17, 15) is 13.2 Å². The second kappa shape index (κ2) is 5.04. The number of hydrogen-bond acceptors (Lipinski definition) is 1. The Kier molecular flexibility index (Phi) is 4.14. The zero-order valence-electron chi connectivity index (χ0n) is 9.88. The van der Waals surface area contributed by atoms with E-state index in [0.717, 1.165) is 6.07 Å². The molecular weight excluding hydrogens is 247 g/mol. The van der Waals surface area contributed by atoms with Gasteiger partial charge in [-0.15, -0.1) is 0 Å². The molecule has 0 saturated carbocycles. The number of thiocarbonyl (C=S) groups is 1. The number of alkyl halides is 3. The minimum atomic E-state index is -4.30. The van der Waals surface area contributed by atoms with Crippen LogP contribution in [-0.4, -0.2) is 16.9 Å². The minimum absolute atomic E-state index is 0.171. The first-order valence-corrected chi connectivity index (χ1v) is 5.55. The van der Waals surface area contributed by atoms with Gasteiger partial charge in [0.05, 0.1) is 16.6 Å². The van der Waals surface area contributed by atoms with Crippen molar-refractivity contribution in [1.29, 1.82) is 0 Å². The highest BCUT2D eigenvalue weighted by molar-refractivity contribution is 7.80. The van der Waals surface area contributed by atoms with Gasteiger partial charge in [-0.2, -0.15) is 13.2 Å². The van der Waals surface area contributed by atoms with Crippen molar-refractivity contribution in [1.82, 2.24) is 4.90 Å². The molecule has 0 bridgehead atoms. The molecular formula is C12H14F3NS. The molecule has 1 aromatic carbocycles. The molecule has 5 heteroatoms. The van der Waals surface area contributed by atoms with Crippen LogP contribution in [0.5, 0.6) is 0 Å². The Morgan fingerprint density at radius 2 is 1.94 bits per heavy atom. The first-order chi connectivity index (χ1) is 7.73. The molecule has 1 atom stereocenters. The molecule has 0 heterocycles. The molecule has 0 N–H and O–H groups in total. The summed E-state index contributed by atoms with van der Waals surface area (Å²) in [6, 6.07) is 5.16. The summed E-state index contributed by atoms with van der Waals surface area (Å²) >= 11 is 5.00. The topological polar surface area (TPSA) is 3.24 Å². The van der Waals surface area contributed by atoms with Crippen LogP contribution in [0.4, 0.5) is 13.2 Å². The van der Waals surface area contributed by atoms with Crippen molar-refractivity contribution in [2.24, 2.45) is 0 Å². The van der Waals surface area contributed by atoms with E-state index < -0.39 is 11.7 Å². The van der Waals surface area contributed by atoms with Gasteiger partial charge in [0.25, 0.3) is 0 Å². The first-order valence-electron chi connectivity index (χ1n) is 5.14. The van der Waals surface area contributed by atoms with Gasteiger partial charge in [0, 0.05) is 7.05 Å². The van der Waals surface area contributed by atoms with E-state index in [0.29, 0.717) is 10.6 Å². The van der Waals surface area contributed by atoms with E-state index in [-0.39, 0.29) is 6.04 Å². The Bertz CT molecular complexity index is 414. The van der Waals surface area contributed by atoms with E-state index in [1.54, 1.807) is 24.9 Å². The quantitative estimate of drug-likeness (QED) is 0.739. The normalized spacial score (nSPS) is 13.3. The predicted molar refractivity (Wildman–Crippen MR) is 65.9 cm³/mol. The largest absolute Gasteiger partial charge is 0.416 e. The van der Waals surface area contributed by atoms with Crippen LogP contribution in [-0.2, 0) is 6.18 Å². The summed E-state index contributed by atoms with van der Waals surface area (Å²) in [6.45, 7) is 3.57. The fourth-order valence-corrected chi connectivity index (χ4v) is 1.63. The Hall–Kier alpha value is -1.10. The van der Waals surface area contributed by atoms with Gasteiger partial charge in [-0.05, 0) is 31.5 Å². The summed E-state index contributed by atoms with van der Waals surface area (Å²) in [5.41, 5.74) is -0.0243. The Morgan fingerprint density at radius 1 is 1.35 bits per heavy atom. The van der Waals surface area contributed by atoms with Gasteiger partial charge in [-0.25, -0.2) is 0 Å². The summed E-state index contributed by atoms with van der Waals surface area (Å²) in [4.78, 5) is 2.42. The Balaban J connectivity index is 3.04. The molecule has 1 unspecified atom stereocenters. The molecule has 94 valence electrons. The Morgan fingerprint density at radius 3 is 2.41 bits per heavy atom. The third kappa shape index (κ3) is 3.43. The lowest BCUT2D eigenvalue weighted by Crippen LogP contribution is -2.26. The third-order valence-electron chi connectivity index (χ3n) is 2.77. The van der Waals surface area contributed by atoms with E-state index in [1.807, 2.05) is 6.92 Å². The third-order valence-corrected chi connectivity index (χ3v) is 3.06. The lowest BCUT2D eigenvalue weighted by molar-refractivity contribution is -0.137. The SMILES string of the molecule is CC(=S)N(C)C(C)c1cccc(C(F)(F)F)c1. The van der Waals surface area contributed by atoms with E-state index in [4.69, 9.17) is 12.2 Å². The number of benzene rings is 1. The zero-order valence-corrected chi connectivity index (χ0v) is 10.7. The van der Waals surface area contributed by atoms with Crippen LogP contribution < -0.4 is 0 Å². The Labute approximate surface area is 104 Å². The molecule has 0 fully saturated rings. The van der Waals surface area contributed by atoms with Crippen molar-refractivity contribution in [2.45, 2.75) is 26.1 Å². The van der Waals surface area contributed by atoms with Gasteiger partial charge in [-0.1, -0.05) is 24.4 Å². The lowest BCUT2D eigenvalue weighted by atomic mass is 10.0. The first kappa shape index (κ1) is 14.0. The van der Waals surface area contributed by atoms with E-state index in [2.05, 4.69) is 0 Å². The molecule has 0 saturated heterocycles. The molecule has 0 aliphatic carbocycles. The number of rotatable bonds is 2. The van der Waals surface area contributed by atoms with Crippen molar-refractivity contribution < 1.29 is 13.2 Å². The molecule has 17 heavy (non-hydrogen) atoms. The molecule has 0 radical (unpaired) electrons. The van der Waals surface area contributed by atoms with Gasteiger partial charge in [0.15, 0.2) is 0 Å². The van der Waals surface area contributed by atoms with Crippen molar-refractivity contribution in [3.8, 4) is 0 Å². The smallest absolute Gasteiger partial charge is 0.363 e. The van der Waals surface area contributed by atoms with Crippen molar-refractivity contribution in [2.75, 3.05) is 7.05 Å². The van der Waals surface area contributed by atoms with E-state index in [1.165, 1.54) is 12.1 Å². The van der Waals surface area contributed by atoms with Gasteiger partial charge in [-0.3, -0.25) is 0 Å². The summed E-state index contributed by atoms with van der Waals surface area (Å²) in [5, 5.41) is 0. The van der Waals surface area contributed by atoms with Gasteiger partial charge in [0.1, 0.15) is 0 Å². The fraction of sp³-hybridized carbons (Fsp3) is 0.417. The molecule has 0 spiro atoms. The second-order valence-electron chi connectivity index (χ2n) is 3.93. The summed E-state index contributed by atoms with van der Waals surface area (Å²) in [7, 11) is 1.77. The average molecular weight is 261 g/mol. The van der Waals surface area contributed by atoms with Crippen LogP contribution in [0.15, 0.2) is 24.3 Å². The molecule has 1 nitrogen and oxygen atoms in total. The lowest BCUT2D eigenvalue weighted by Gasteiger charge is -2.26. The van der Waals surface area contributed by atoms with Crippen LogP contribution in [0.25, 0.3) is 0 Å². The number of hydrogen-bond donors (Lipinski definition) is 0. The highest BCUT2D eigenvalue weighted by atomic mass is 32.1. The maximum Gasteiger partial charge on any atom is 0.416 e. The molecule has 1 rings (SSSR count). The summed E-state index contributed by atoms with van der Waals surface area (Å²) in [6.07, 6.45) is -4.30. The molecule has 0 aliphatic heterocycles. The van der Waals surface area contributed by atoms with Gasteiger partial charge >= 0.3 is 6.18 Å². The predicted octanol–water partition coefficient (Wildman–Crippen LogP) is 4.05. The number of nitrogens with zero attached hydrogens (tertiary/aromatic N) is 1. The second-order valence-corrected chi connectivity index (χ2v) is 4.52. The maximum absolute atomic E-state index is 12.6. The maximum atomic E-state index is 12.6. The van der Waals surface area contributed by atoms with Crippen molar-refractivity contribution in [3.05, 3.63) is 35.4 Å². The van der Waals surface area contributed by atoms with Crippen LogP contribution in [0.1, 0.15) is 31.0 Å². The monoisotopic (exact) mass is 261 g/mol.